The quantitative estimate of drug-likeness (QED) is 0.912. The highest BCUT2D eigenvalue weighted by Crippen LogP contribution is 2.33. The summed E-state index contributed by atoms with van der Waals surface area (Å²) < 4.78 is 6.37. The van der Waals surface area contributed by atoms with Gasteiger partial charge in [-0.15, -0.1) is 11.3 Å². The molecule has 1 amide bonds. The first kappa shape index (κ1) is 13.4. The normalized spacial score (nSPS) is 18.9. The van der Waals surface area contributed by atoms with Crippen LogP contribution in [0.25, 0.3) is 10.1 Å². The van der Waals surface area contributed by atoms with E-state index in [0.29, 0.717) is 0 Å². The Morgan fingerprint density at radius 3 is 3.15 bits per heavy atom. The summed E-state index contributed by atoms with van der Waals surface area (Å²) in [4.78, 5) is 13.1. The highest BCUT2D eigenvalue weighted by molar-refractivity contribution is 7.21. The number of methoxy groups -OCH3 is 1. The first-order chi connectivity index (χ1) is 9.78. The van der Waals surface area contributed by atoms with Crippen LogP contribution < -0.4 is 15.4 Å². The summed E-state index contributed by atoms with van der Waals surface area (Å²) in [6.07, 6.45) is 2.16. The maximum absolute atomic E-state index is 12.3. The molecular formula is C15H18N2O2S. The minimum atomic E-state index is 0.0157. The Bertz CT molecular complexity index is 617. The van der Waals surface area contributed by atoms with Gasteiger partial charge in [0.05, 0.1) is 16.7 Å². The molecule has 1 saturated heterocycles. The van der Waals surface area contributed by atoms with Gasteiger partial charge >= 0.3 is 0 Å². The van der Waals surface area contributed by atoms with Gasteiger partial charge < -0.3 is 15.4 Å². The van der Waals surface area contributed by atoms with Crippen molar-refractivity contribution in [2.45, 2.75) is 18.9 Å². The van der Waals surface area contributed by atoms with E-state index < -0.39 is 0 Å². The van der Waals surface area contributed by atoms with Crippen molar-refractivity contribution in [2.24, 2.45) is 0 Å². The molecule has 1 unspecified atom stereocenters. The SMILES string of the molecule is COc1cccc2cc(C(=O)NC3CCCNC3)sc12. The van der Waals surface area contributed by atoms with Crippen molar-refractivity contribution in [3.63, 3.8) is 0 Å². The molecule has 1 aliphatic heterocycles. The predicted molar refractivity (Wildman–Crippen MR) is 81.7 cm³/mol. The van der Waals surface area contributed by atoms with Crippen LogP contribution in [0.5, 0.6) is 5.75 Å². The second-order valence-electron chi connectivity index (χ2n) is 5.01. The van der Waals surface area contributed by atoms with E-state index in [0.717, 1.165) is 46.6 Å². The van der Waals surface area contributed by atoms with E-state index in [9.17, 15) is 4.79 Å². The fraction of sp³-hybridized carbons (Fsp3) is 0.400. The van der Waals surface area contributed by atoms with Crippen LogP contribution in [0.15, 0.2) is 24.3 Å². The third kappa shape index (κ3) is 2.64. The minimum Gasteiger partial charge on any atom is -0.495 e. The zero-order valence-corrected chi connectivity index (χ0v) is 12.3. The summed E-state index contributed by atoms with van der Waals surface area (Å²) in [7, 11) is 1.65. The second kappa shape index (κ2) is 5.81. The van der Waals surface area contributed by atoms with Gasteiger partial charge in [0.15, 0.2) is 0 Å². The van der Waals surface area contributed by atoms with Gasteiger partial charge in [-0.1, -0.05) is 12.1 Å². The van der Waals surface area contributed by atoms with E-state index in [2.05, 4.69) is 10.6 Å². The number of carbonyl (C=O) groups excluding carboxylic acids is 1. The van der Waals surface area contributed by atoms with Gasteiger partial charge in [0.25, 0.3) is 5.91 Å². The van der Waals surface area contributed by atoms with Crippen molar-refractivity contribution in [3.8, 4) is 5.75 Å². The third-order valence-corrected chi connectivity index (χ3v) is 4.75. The summed E-state index contributed by atoms with van der Waals surface area (Å²) in [5.41, 5.74) is 0. The zero-order valence-electron chi connectivity index (χ0n) is 11.4. The molecule has 1 aliphatic rings. The minimum absolute atomic E-state index is 0.0157. The van der Waals surface area contributed by atoms with Gasteiger partial charge in [-0.25, -0.2) is 0 Å². The summed E-state index contributed by atoms with van der Waals surface area (Å²) in [6, 6.07) is 8.05. The van der Waals surface area contributed by atoms with E-state index in [1.807, 2.05) is 24.3 Å². The van der Waals surface area contributed by atoms with Gasteiger partial charge in [-0.05, 0) is 36.9 Å². The molecule has 1 fully saturated rings. The molecule has 0 radical (unpaired) electrons. The molecule has 2 heterocycles. The van der Waals surface area contributed by atoms with Crippen LogP contribution in [0.1, 0.15) is 22.5 Å². The number of rotatable bonds is 3. The predicted octanol–water partition coefficient (Wildman–Crippen LogP) is 2.39. The molecule has 1 aromatic carbocycles. The Labute approximate surface area is 122 Å². The smallest absolute Gasteiger partial charge is 0.261 e. The van der Waals surface area contributed by atoms with Crippen LogP contribution in [0.2, 0.25) is 0 Å². The fourth-order valence-electron chi connectivity index (χ4n) is 2.54. The number of nitrogens with one attached hydrogen (secondary N) is 2. The van der Waals surface area contributed by atoms with Crippen molar-refractivity contribution >= 4 is 27.3 Å². The number of piperidine rings is 1. The average molecular weight is 290 g/mol. The first-order valence-corrected chi connectivity index (χ1v) is 7.67. The van der Waals surface area contributed by atoms with Crippen LogP contribution in [-0.4, -0.2) is 32.1 Å². The average Bonchev–Trinajstić information content (AvgIpc) is 2.92. The van der Waals surface area contributed by atoms with Crippen molar-refractivity contribution < 1.29 is 9.53 Å². The second-order valence-corrected chi connectivity index (χ2v) is 6.06. The summed E-state index contributed by atoms with van der Waals surface area (Å²) in [5.74, 6) is 0.841. The van der Waals surface area contributed by atoms with Crippen molar-refractivity contribution in [2.75, 3.05) is 20.2 Å². The molecule has 5 heteroatoms. The molecular weight excluding hydrogens is 272 g/mol. The van der Waals surface area contributed by atoms with Gasteiger partial charge in [-0.2, -0.15) is 0 Å². The molecule has 20 heavy (non-hydrogen) atoms. The van der Waals surface area contributed by atoms with Crippen molar-refractivity contribution in [1.29, 1.82) is 0 Å². The Morgan fingerprint density at radius 2 is 2.40 bits per heavy atom. The lowest BCUT2D eigenvalue weighted by Gasteiger charge is -2.23. The summed E-state index contributed by atoms with van der Waals surface area (Å²) in [5, 5.41) is 7.46. The van der Waals surface area contributed by atoms with Gasteiger partial charge in [0, 0.05) is 12.6 Å². The standard InChI is InChI=1S/C15H18N2O2S/c1-19-12-6-2-4-10-8-13(20-14(10)12)15(18)17-11-5-3-7-16-9-11/h2,4,6,8,11,16H,3,5,7,9H2,1H3,(H,17,18). The molecule has 0 saturated carbocycles. The van der Waals surface area contributed by atoms with Gasteiger partial charge in [-0.3, -0.25) is 4.79 Å². The van der Waals surface area contributed by atoms with Crippen LogP contribution in [-0.2, 0) is 0 Å². The van der Waals surface area contributed by atoms with Crippen LogP contribution in [0.3, 0.4) is 0 Å². The lowest BCUT2D eigenvalue weighted by Crippen LogP contribution is -2.45. The van der Waals surface area contributed by atoms with E-state index in [-0.39, 0.29) is 11.9 Å². The fourth-order valence-corrected chi connectivity index (χ4v) is 3.59. The van der Waals surface area contributed by atoms with E-state index in [4.69, 9.17) is 4.74 Å². The van der Waals surface area contributed by atoms with Gasteiger partial charge in [0.2, 0.25) is 0 Å². The molecule has 2 N–H and O–H groups in total. The summed E-state index contributed by atoms with van der Waals surface area (Å²) in [6.45, 7) is 1.91. The van der Waals surface area contributed by atoms with Crippen LogP contribution in [0.4, 0.5) is 0 Å². The molecule has 1 atom stereocenters. The lowest BCUT2D eigenvalue weighted by molar-refractivity contribution is 0.0935. The monoisotopic (exact) mass is 290 g/mol. The molecule has 4 nitrogen and oxygen atoms in total. The Morgan fingerprint density at radius 1 is 1.50 bits per heavy atom. The molecule has 0 bridgehead atoms. The largest absolute Gasteiger partial charge is 0.495 e. The lowest BCUT2D eigenvalue weighted by atomic mass is 10.1. The third-order valence-electron chi connectivity index (χ3n) is 3.58. The maximum Gasteiger partial charge on any atom is 0.261 e. The molecule has 106 valence electrons. The summed E-state index contributed by atoms with van der Waals surface area (Å²) >= 11 is 1.49. The Balaban J connectivity index is 1.80. The molecule has 3 rings (SSSR count). The zero-order chi connectivity index (χ0) is 13.9. The molecule has 1 aromatic heterocycles. The van der Waals surface area contributed by atoms with E-state index >= 15 is 0 Å². The van der Waals surface area contributed by atoms with E-state index in [1.165, 1.54) is 11.3 Å². The number of hydrogen-bond donors (Lipinski definition) is 2. The van der Waals surface area contributed by atoms with Crippen molar-refractivity contribution in [3.05, 3.63) is 29.1 Å². The highest BCUT2D eigenvalue weighted by Gasteiger charge is 2.18. The number of carbonyl (C=O) groups is 1. The number of amides is 1. The van der Waals surface area contributed by atoms with E-state index in [1.54, 1.807) is 7.11 Å². The Kier molecular flexibility index (Phi) is 3.89. The number of ether oxygens (including phenoxy) is 1. The molecule has 0 spiro atoms. The number of benzene rings is 1. The molecule has 2 aromatic rings. The number of hydrogen-bond acceptors (Lipinski definition) is 4. The Hall–Kier alpha value is -1.59. The number of thiophene rings is 1. The number of fused-ring (bicyclic) bond motifs is 1. The van der Waals surface area contributed by atoms with Crippen LogP contribution in [0, 0.1) is 0 Å². The van der Waals surface area contributed by atoms with Crippen LogP contribution >= 0.6 is 11.3 Å². The van der Waals surface area contributed by atoms with Gasteiger partial charge in [0.1, 0.15) is 5.75 Å². The molecule has 0 aliphatic carbocycles. The van der Waals surface area contributed by atoms with Crippen molar-refractivity contribution in [1.82, 2.24) is 10.6 Å². The highest BCUT2D eigenvalue weighted by atomic mass is 32.1. The maximum atomic E-state index is 12.3. The first-order valence-electron chi connectivity index (χ1n) is 6.86. The topological polar surface area (TPSA) is 50.4 Å².